The summed E-state index contributed by atoms with van der Waals surface area (Å²) in [4.78, 5) is 4.49. The van der Waals surface area contributed by atoms with Crippen molar-refractivity contribution in [2.24, 2.45) is 0 Å². The maximum Gasteiger partial charge on any atom is 0.203 e. The van der Waals surface area contributed by atoms with Crippen molar-refractivity contribution >= 4 is 16.7 Å². The van der Waals surface area contributed by atoms with Crippen LogP contribution in [-0.4, -0.2) is 31.8 Å². The summed E-state index contributed by atoms with van der Waals surface area (Å²) in [7, 11) is -0.732. The Hall–Kier alpha value is -0.840. The first kappa shape index (κ1) is 12.6. The molecule has 0 saturated heterocycles. The van der Waals surface area contributed by atoms with Gasteiger partial charge in [0.2, 0.25) is 5.95 Å². The Morgan fingerprint density at radius 1 is 1.65 bits per heavy atom. The summed E-state index contributed by atoms with van der Waals surface area (Å²) < 4.78 is 13.5. The van der Waals surface area contributed by atoms with Gasteiger partial charge < -0.3 is 9.88 Å². The maximum atomic E-state index is 11.2. The molecule has 1 heterocycles. The normalized spacial score (nSPS) is 19.0. The van der Waals surface area contributed by atoms with Crippen LogP contribution in [-0.2, 0) is 10.8 Å². The van der Waals surface area contributed by atoms with Crippen LogP contribution in [0.15, 0.2) is 6.20 Å². The fourth-order valence-electron chi connectivity index (χ4n) is 1.83. The molecule has 4 nitrogen and oxygen atoms in total. The Balaban J connectivity index is 1.88. The van der Waals surface area contributed by atoms with Gasteiger partial charge >= 0.3 is 0 Å². The number of imidazole rings is 1. The lowest BCUT2D eigenvalue weighted by atomic mass is 10.3. The minimum Gasteiger partial charge on any atom is -0.356 e. The second-order valence-corrected chi connectivity index (χ2v) is 6.67. The highest BCUT2D eigenvalue weighted by atomic mass is 32.2. The predicted octanol–water partition coefficient (Wildman–Crippen LogP) is 2.10. The van der Waals surface area contributed by atoms with Gasteiger partial charge in [-0.05, 0) is 26.2 Å². The van der Waals surface area contributed by atoms with E-state index in [1.54, 1.807) is 6.26 Å². The van der Waals surface area contributed by atoms with Crippen LogP contribution < -0.4 is 5.32 Å². The minimum atomic E-state index is -0.732. The molecule has 0 spiro atoms. The molecule has 1 aromatic rings. The molecule has 2 atom stereocenters. The molecule has 1 saturated carbocycles. The van der Waals surface area contributed by atoms with Crippen molar-refractivity contribution in [1.29, 1.82) is 0 Å². The fourth-order valence-corrected chi connectivity index (χ4v) is 2.28. The molecule has 0 amide bonds. The van der Waals surface area contributed by atoms with Crippen LogP contribution in [0.3, 0.4) is 0 Å². The monoisotopic (exact) mass is 255 g/mol. The smallest absolute Gasteiger partial charge is 0.203 e. The Morgan fingerprint density at radius 3 is 2.94 bits per heavy atom. The Kier molecular flexibility index (Phi) is 3.86. The second-order valence-electron chi connectivity index (χ2n) is 4.87. The van der Waals surface area contributed by atoms with Crippen molar-refractivity contribution in [1.82, 2.24) is 9.55 Å². The van der Waals surface area contributed by atoms with Crippen LogP contribution in [0.4, 0.5) is 5.95 Å². The summed E-state index contributed by atoms with van der Waals surface area (Å²) >= 11 is 0. The van der Waals surface area contributed by atoms with Gasteiger partial charge in [-0.1, -0.05) is 6.92 Å². The average Bonchev–Trinajstić information content (AvgIpc) is 3.03. The third-order valence-corrected chi connectivity index (χ3v) is 4.56. The lowest BCUT2D eigenvalue weighted by Gasteiger charge is -2.11. The van der Waals surface area contributed by atoms with Gasteiger partial charge in [-0.25, -0.2) is 4.98 Å². The molecule has 96 valence electrons. The first-order chi connectivity index (χ1) is 8.08. The standard InChI is InChI=1S/C12H21N3OS/c1-9-8-15(11-4-5-11)12(14-9)13-7-6-10(2)17(3)16/h8,10-11H,4-7H2,1-3H3,(H,13,14). The number of anilines is 1. The molecule has 17 heavy (non-hydrogen) atoms. The Morgan fingerprint density at radius 2 is 2.35 bits per heavy atom. The average molecular weight is 255 g/mol. The van der Waals surface area contributed by atoms with Crippen LogP contribution in [0.5, 0.6) is 0 Å². The Labute approximate surface area is 105 Å². The van der Waals surface area contributed by atoms with Crippen LogP contribution in [0.1, 0.15) is 37.9 Å². The molecule has 1 N–H and O–H groups in total. The van der Waals surface area contributed by atoms with E-state index in [0.29, 0.717) is 6.04 Å². The van der Waals surface area contributed by atoms with Crippen molar-refractivity contribution in [3.63, 3.8) is 0 Å². The van der Waals surface area contributed by atoms with Crippen LogP contribution >= 0.6 is 0 Å². The van der Waals surface area contributed by atoms with Crippen molar-refractivity contribution in [3.05, 3.63) is 11.9 Å². The summed E-state index contributed by atoms with van der Waals surface area (Å²) in [6.07, 6.45) is 7.32. The maximum absolute atomic E-state index is 11.2. The highest BCUT2D eigenvalue weighted by molar-refractivity contribution is 7.84. The summed E-state index contributed by atoms with van der Waals surface area (Å²) in [5.41, 5.74) is 1.06. The highest BCUT2D eigenvalue weighted by Gasteiger charge is 2.26. The van der Waals surface area contributed by atoms with Gasteiger partial charge in [-0.3, -0.25) is 4.21 Å². The lowest BCUT2D eigenvalue weighted by Crippen LogP contribution is -2.16. The molecular formula is C12H21N3OS. The zero-order chi connectivity index (χ0) is 12.4. The second kappa shape index (κ2) is 5.21. The third kappa shape index (κ3) is 3.31. The van der Waals surface area contributed by atoms with Crippen LogP contribution in [0.2, 0.25) is 0 Å². The first-order valence-corrected chi connectivity index (χ1v) is 7.81. The number of nitrogens with zero attached hydrogens (tertiary/aromatic N) is 2. The van der Waals surface area contributed by atoms with E-state index >= 15 is 0 Å². The molecule has 1 fully saturated rings. The predicted molar refractivity (Wildman–Crippen MR) is 71.9 cm³/mol. The van der Waals surface area contributed by atoms with E-state index in [4.69, 9.17) is 0 Å². The van der Waals surface area contributed by atoms with Gasteiger partial charge in [0.1, 0.15) is 0 Å². The van der Waals surface area contributed by atoms with E-state index in [9.17, 15) is 4.21 Å². The van der Waals surface area contributed by atoms with Crippen molar-refractivity contribution in [2.45, 2.75) is 44.4 Å². The summed E-state index contributed by atoms with van der Waals surface area (Å²) in [5.74, 6) is 0.971. The van der Waals surface area contributed by atoms with E-state index in [0.717, 1.165) is 24.6 Å². The molecule has 0 aliphatic heterocycles. The van der Waals surface area contributed by atoms with E-state index < -0.39 is 10.8 Å². The topological polar surface area (TPSA) is 46.9 Å². The van der Waals surface area contributed by atoms with Gasteiger partial charge in [0.05, 0.1) is 5.69 Å². The van der Waals surface area contributed by atoms with Gasteiger partial charge in [0.25, 0.3) is 0 Å². The van der Waals surface area contributed by atoms with E-state index in [1.165, 1.54) is 12.8 Å². The first-order valence-electron chi connectivity index (χ1n) is 6.19. The molecule has 2 unspecified atom stereocenters. The fraction of sp³-hybridized carbons (Fsp3) is 0.750. The van der Waals surface area contributed by atoms with Crippen molar-refractivity contribution in [2.75, 3.05) is 18.1 Å². The Bertz CT molecular complexity index is 412. The van der Waals surface area contributed by atoms with E-state index in [-0.39, 0.29) is 5.25 Å². The summed E-state index contributed by atoms with van der Waals surface area (Å²) in [5, 5.41) is 3.60. The number of hydrogen-bond donors (Lipinski definition) is 1. The molecule has 2 rings (SSSR count). The third-order valence-electron chi connectivity index (χ3n) is 3.19. The van der Waals surface area contributed by atoms with Gasteiger partial charge in [0, 0.05) is 41.1 Å². The van der Waals surface area contributed by atoms with Crippen molar-refractivity contribution in [3.8, 4) is 0 Å². The van der Waals surface area contributed by atoms with Gasteiger partial charge in [-0.15, -0.1) is 0 Å². The molecule has 1 aromatic heterocycles. The van der Waals surface area contributed by atoms with E-state index in [2.05, 4.69) is 21.1 Å². The number of hydrogen-bond acceptors (Lipinski definition) is 3. The summed E-state index contributed by atoms with van der Waals surface area (Å²) in [6.45, 7) is 4.88. The quantitative estimate of drug-likeness (QED) is 0.846. The minimum absolute atomic E-state index is 0.243. The number of aryl methyl sites for hydroxylation is 1. The summed E-state index contributed by atoms with van der Waals surface area (Å²) in [6, 6.07) is 0.649. The van der Waals surface area contributed by atoms with Crippen LogP contribution in [0, 0.1) is 6.92 Å². The van der Waals surface area contributed by atoms with Crippen molar-refractivity contribution < 1.29 is 4.21 Å². The van der Waals surface area contributed by atoms with Crippen LogP contribution in [0.25, 0.3) is 0 Å². The molecule has 0 radical (unpaired) electrons. The number of rotatable bonds is 6. The van der Waals surface area contributed by atoms with E-state index in [1.807, 2.05) is 13.8 Å². The molecule has 1 aliphatic rings. The van der Waals surface area contributed by atoms with Gasteiger partial charge in [-0.2, -0.15) is 0 Å². The number of nitrogens with one attached hydrogen (secondary N) is 1. The largest absolute Gasteiger partial charge is 0.356 e. The molecule has 0 aromatic carbocycles. The zero-order valence-corrected chi connectivity index (χ0v) is 11.6. The number of aromatic nitrogens is 2. The molecule has 1 aliphatic carbocycles. The lowest BCUT2D eigenvalue weighted by molar-refractivity contribution is 0.671. The van der Waals surface area contributed by atoms with Gasteiger partial charge in [0.15, 0.2) is 0 Å². The zero-order valence-electron chi connectivity index (χ0n) is 10.8. The molecule has 0 bridgehead atoms. The SMILES string of the molecule is Cc1cn(C2CC2)c(NCCC(C)S(C)=O)n1. The molecular weight excluding hydrogens is 234 g/mol. The highest BCUT2D eigenvalue weighted by Crippen LogP contribution is 2.37. The molecule has 5 heteroatoms.